The molecule has 0 bridgehead atoms. The normalized spacial score (nSPS) is 14.1. The van der Waals surface area contributed by atoms with Crippen molar-refractivity contribution in [2.75, 3.05) is 38.2 Å². The number of nitrogens with two attached hydrogens (primary N) is 1. The second-order valence-electron chi connectivity index (χ2n) is 7.02. The molecule has 1 fully saturated rings. The number of ether oxygens (including phenoxy) is 1. The molecule has 1 saturated heterocycles. The Bertz CT molecular complexity index is 1020. The number of anilines is 1. The van der Waals surface area contributed by atoms with E-state index in [4.69, 9.17) is 10.5 Å². The Morgan fingerprint density at radius 3 is 2.48 bits per heavy atom. The number of nitrogens with one attached hydrogen (secondary N) is 1. The molecular weight excluding hydrogens is 384 g/mol. The maximum Gasteiger partial charge on any atom is 0.262 e. The molecule has 3 heterocycles. The van der Waals surface area contributed by atoms with Crippen LogP contribution in [-0.4, -0.2) is 44.2 Å². The zero-order valence-corrected chi connectivity index (χ0v) is 17.4. The molecule has 7 heteroatoms. The van der Waals surface area contributed by atoms with Crippen LogP contribution in [0.5, 0.6) is 5.75 Å². The van der Waals surface area contributed by atoms with E-state index in [1.165, 1.54) is 17.0 Å². The highest BCUT2D eigenvalue weighted by Gasteiger charge is 2.18. The van der Waals surface area contributed by atoms with E-state index in [-0.39, 0.29) is 0 Å². The molecule has 0 saturated carbocycles. The van der Waals surface area contributed by atoms with Gasteiger partial charge in [-0.1, -0.05) is 12.1 Å². The summed E-state index contributed by atoms with van der Waals surface area (Å²) in [5.74, 6) is 0.0195. The first-order valence-corrected chi connectivity index (χ1v) is 10.4. The van der Waals surface area contributed by atoms with Gasteiger partial charge in [-0.2, -0.15) is 0 Å². The number of carbonyl (C=O) groups is 1. The topological polar surface area (TPSA) is 80.5 Å². The number of thiophene rings is 1. The fourth-order valence-corrected chi connectivity index (χ4v) is 4.71. The molecule has 0 spiro atoms. The van der Waals surface area contributed by atoms with E-state index in [0.29, 0.717) is 10.6 Å². The molecule has 0 atom stereocenters. The fraction of sp³-hybridized carbons (Fsp3) is 0.273. The summed E-state index contributed by atoms with van der Waals surface area (Å²) in [6.45, 7) is 6.16. The number of aromatic nitrogens is 1. The van der Waals surface area contributed by atoms with Crippen LogP contribution in [0.3, 0.4) is 0 Å². The second-order valence-corrected chi connectivity index (χ2v) is 8.07. The van der Waals surface area contributed by atoms with Crippen molar-refractivity contribution < 1.29 is 9.53 Å². The molecule has 1 amide bonds. The lowest BCUT2D eigenvalue weighted by Crippen LogP contribution is -2.43. The number of benzene rings is 1. The molecule has 4 rings (SSSR count). The van der Waals surface area contributed by atoms with E-state index in [2.05, 4.69) is 46.4 Å². The summed E-state index contributed by atoms with van der Waals surface area (Å²) >= 11 is 1.33. The average molecular weight is 409 g/mol. The Labute approximate surface area is 174 Å². The van der Waals surface area contributed by atoms with Gasteiger partial charge < -0.3 is 20.7 Å². The maximum atomic E-state index is 11.7. The van der Waals surface area contributed by atoms with Crippen LogP contribution in [0, 0.1) is 6.92 Å². The van der Waals surface area contributed by atoms with Gasteiger partial charge in [0.25, 0.3) is 5.91 Å². The molecule has 0 aliphatic carbocycles. The van der Waals surface area contributed by atoms with E-state index in [1.807, 2.05) is 18.5 Å². The number of rotatable bonds is 5. The van der Waals surface area contributed by atoms with E-state index < -0.39 is 5.91 Å². The lowest BCUT2D eigenvalue weighted by Gasteiger charge is -2.29. The van der Waals surface area contributed by atoms with E-state index in [9.17, 15) is 4.79 Å². The minimum absolute atomic E-state index is 0.424. The van der Waals surface area contributed by atoms with Crippen LogP contribution < -0.4 is 20.7 Å². The third kappa shape index (κ3) is 3.83. The Balaban J connectivity index is 1.67. The molecule has 0 unspecified atom stereocenters. The SMILES string of the molecule is COc1cc(-c2cncc(-c3ccc(N4CCNCC4)cc3)c2C)sc1C(N)=O. The van der Waals surface area contributed by atoms with Gasteiger partial charge in [-0.25, -0.2) is 0 Å². The first kappa shape index (κ1) is 19.4. The Morgan fingerprint density at radius 2 is 1.86 bits per heavy atom. The standard InChI is InChI=1S/C22H24N4O2S/c1-14-17(15-3-5-16(6-4-15)26-9-7-24-8-10-26)12-25-13-18(14)20-11-19(28-2)21(29-20)22(23)27/h3-6,11-13,24H,7-10H2,1-2H3,(H2,23,27). The van der Waals surface area contributed by atoms with Crippen molar-refractivity contribution in [2.45, 2.75) is 6.92 Å². The highest BCUT2D eigenvalue weighted by Crippen LogP contribution is 2.39. The number of carbonyl (C=O) groups excluding carboxylic acids is 1. The number of piperazine rings is 1. The first-order chi connectivity index (χ1) is 14.1. The van der Waals surface area contributed by atoms with Crippen molar-refractivity contribution in [3.05, 3.63) is 53.2 Å². The van der Waals surface area contributed by atoms with Crippen LogP contribution in [0.2, 0.25) is 0 Å². The largest absolute Gasteiger partial charge is 0.495 e. The van der Waals surface area contributed by atoms with Crippen molar-refractivity contribution in [3.63, 3.8) is 0 Å². The summed E-state index contributed by atoms with van der Waals surface area (Å²) in [4.78, 5) is 19.9. The first-order valence-electron chi connectivity index (χ1n) is 9.57. The lowest BCUT2D eigenvalue weighted by molar-refractivity contribution is 0.100. The Hall–Kier alpha value is -2.90. The van der Waals surface area contributed by atoms with Gasteiger partial charge in [0.2, 0.25) is 0 Å². The third-order valence-corrected chi connectivity index (χ3v) is 6.45. The van der Waals surface area contributed by atoms with Crippen LogP contribution in [0.1, 0.15) is 15.2 Å². The fourth-order valence-electron chi connectivity index (χ4n) is 3.67. The summed E-state index contributed by atoms with van der Waals surface area (Å²) in [6.07, 6.45) is 3.71. The molecule has 3 aromatic rings. The van der Waals surface area contributed by atoms with E-state index in [1.54, 1.807) is 7.11 Å². The molecule has 2 aromatic heterocycles. The number of hydrogen-bond acceptors (Lipinski definition) is 6. The zero-order valence-electron chi connectivity index (χ0n) is 16.6. The lowest BCUT2D eigenvalue weighted by atomic mass is 9.98. The van der Waals surface area contributed by atoms with Crippen LogP contribution in [0.15, 0.2) is 42.7 Å². The number of amides is 1. The number of nitrogens with zero attached hydrogens (tertiary/aromatic N) is 2. The third-order valence-electron chi connectivity index (χ3n) is 5.28. The number of primary amides is 1. The molecule has 150 valence electrons. The molecule has 29 heavy (non-hydrogen) atoms. The van der Waals surface area contributed by atoms with Gasteiger partial charge in [-0.3, -0.25) is 9.78 Å². The summed E-state index contributed by atoms with van der Waals surface area (Å²) in [6, 6.07) is 10.5. The highest BCUT2D eigenvalue weighted by molar-refractivity contribution is 7.17. The maximum absolute atomic E-state index is 11.7. The quantitative estimate of drug-likeness (QED) is 0.677. The van der Waals surface area contributed by atoms with Crippen molar-refractivity contribution in [1.82, 2.24) is 10.3 Å². The molecule has 1 aromatic carbocycles. The van der Waals surface area contributed by atoms with Crippen molar-refractivity contribution in [1.29, 1.82) is 0 Å². The van der Waals surface area contributed by atoms with E-state index in [0.717, 1.165) is 53.3 Å². The van der Waals surface area contributed by atoms with Gasteiger partial charge in [0.05, 0.1) is 7.11 Å². The monoisotopic (exact) mass is 408 g/mol. The van der Waals surface area contributed by atoms with Gasteiger partial charge in [0, 0.05) is 60.3 Å². The minimum Gasteiger partial charge on any atom is -0.495 e. The summed E-state index contributed by atoms with van der Waals surface area (Å²) in [5.41, 5.74) is 11.0. The van der Waals surface area contributed by atoms with Crippen LogP contribution >= 0.6 is 11.3 Å². The van der Waals surface area contributed by atoms with Crippen molar-refractivity contribution >= 4 is 22.9 Å². The van der Waals surface area contributed by atoms with Crippen molar-refractivity contribution in [2.24, 2.45) is 5.73 Å². The number of hydrogen-bond donors (Lipinski definition) is 2. The van der Waals surface area contributed by atoms with Gasteiger partial charge in [-0.15, -0.1) is 11.3 Å². The Morgan fingerprint density at radius 1 is 1.17 bits per heavy atom. The van der Waals surface area contributed by atoms with Gasteiger partial charge in [-0.05, 0) is 36.2 Å². The number of methoxy groups -OCH3 is 1. The second kappa shape index (κ2) is 8.23. The van der Waals surface area contributed by atoms with E-state index >= 15 is 0 Å². The summed E-state index contributed by atoms with van der Waals surface area (Å²) in [5, 5.41) is 3.38. The Kier molecular flexibility index (Phi) is 5.51. The van der Waals surface area contributed by atoms with Crippen LogP contribution in [0.25, 0.3) is 21.6 Å². The molecule has 1 aliphatic rings. The highest BCUT2D eigenvalue weighted by atomic mass is 32.1. The molecule has 3 N–H and O–H groups in total. The molecule has 0 radical (unpaired) electrons. The van der Waals surface area contributed by atoms with Gasteiger partial charge >= 0.3 is 0 Å². The smallest absolute Gasteiger partial charge is 0.262 e. The van der Waals surface area contributed by atoms with Gasteiger partial charge in [0.1, 0.15) is 10.6 Å². The molecule has 6 nitrogen and oxygen atoms in total. The molecular formula is C22H24N4O2S. The predicted molar refractivity (Wildman–Crippen MR) is 118 cm³/mol. The summed E-state index contributed by atoms with van der Waals surface area (Å²) in [7, 11) is 1.54. The van der Waals surface area contributed by atoms with Crippen LogP contribution in [-0.2, 0) is 0 Å². The van der Waals surface area contributed by atoms with Gasteiger partial charge in [0.15, 0.2) is 0 Å². The average Bonchev–Trinajstić information content (AvgIpc) is 3.19. The van der Waals surface area contributed by atoms with Crippen LogP contribution in [0.4, 0.5) is 5.69 Å². The zero-order chi connectivity index (χ0) is 20.4. The van der Waals surface area contributed by atoms with Crippen molar-refractivity contribution in [3.8, 4) is 27.3 Å². The molecule has 1 aliphatic heterocycles. The predicted octanol–water partition coefficient (Wildman–Crippen LogP) is 3.30. The summed E-state index contributed by atoms with van der Waals surface area (Å²) < 4.78 is 5.31. The number of pyridine rings is 1. The minimum atomic E-state index is -0.483.